The Bertz CT molecular complexity index is 579. The Hall–Kier alpha value is -1.44. The highest BCUT2D eigenvalue weighted by Crippen LogP contribution is 2.18. The average Bonchev–Trinajstić information content (AvgIpc) is 2.62. The second kappa shape index (κ2) is 12.0. The summed E-state index contributed by atoms with van der Waals surface area (Å²) in [4.78, 5) is 25.9. The van der Waals surface area contributed by atoms with E-state index in [0.717, 1.165) is 18.1 Å². The molecular weight excluding hydrogens is 374 g/mol. The summed E-state index contributed by atoms with van der Waals surface area (Å²) in [7, 11) is 0. The van der Waals surface area contributed by atoms with Crippen molar-refractivity contribution in [2.24, 2.45) is 0 Å². The second-order valence-electron chi connectivity index (χ2n) is 5.86. The Morgan fingerprint density at radius 3 is 2.77 bits per heavy atom. The highest BCUT2D eigenvalue weighted by Gasteiger charge is 2.17. The minimum absolute atomic E-state index is 0. The van der Waals surface area contributed by atoms with Crippen molar-refractivity contribution in [3.8, 4) is 5.75 Å². The number of thioether (sulfide) groups is 1. The third-order valence-electron chi connectivity index (χ3n) is 4.03. The van der Waals surface area contributed by atoms with E-state index in [-0.39, 0.29) is 36.9 Å². The molecule has 1 aromatic rings. The summed E-state index contributed by atoms with van der Waals surface area (Å²) >= 11 is 1.87. The lowest BCUT2D eigenvalue weighted by Gasteiger charge is -2.22. The van der Waals surface area contributed by atoms with Crippen molar-refractivity contribution in [1.82, 2.24) is 10.2 Å². The predicted octanol–water partition coefficient (Wildman–Crippen LogP) is 2.39. The zero-order valence-corrected chi connectivity index (χ0v) is 17.0. The van der Waals surface area contributed by atoms with Crippen LogP contribution in [0.5, 0.6) is 5.75 Å². The number of amides is 2. The number of hydrogen-bond acceptors (Lipinski definition) is 5. The minimum Gasteiger partial charge on any atom is -0.484 e. The first-order valence-electron chi connectivity index (χ1n) is 8.74. The number of carbonyl (C=O) groups is 2. The molecule has 2 amide bonds. The number of ether oxygens (including phenoxy) is 1. The van der Waals surface area contributed by atoms with Crippen LogP contribution in [0.1, 0.15) is 20.3 Å². The van der Waals surface area contributed by atoms with Gasteiger partial charge in [0.2, 0.25) is 5.91 Å². The predicted molar refractivity (Wildman–Crippen MR) is 109 cm³/mol. The molecule has 2 rings (SSSR count). The fraction of sp³-hybridized carbons (Fsp3) is 0.556. The number of likely N-dealkylation sites (N-methyl/N-ethyl adjacent to an activating group) is 1. The van der Waals surface area contributed by atoms with E-state index in [4.69, 9.17) is 4.74 Å². The van der Waals surface area contributed by atoms with E-state index in [9.17, 15) is 9.59 Å². The van der Waals surface area contributed by atoms with E-state index in [2.05, 4.69) is 10.6 Å². The monoisotopic (exact) mass is 401 g/mol. The summed E-state index contributed by atoms with van der Waals surface area (Å²) in [6.45, 7) is 6.17. The molecule has 26 heavy (non-hydrogen) atoms. The van der Waals surface area contributed by atoms with E-state index in [0.29, 0.717) is 30.9 Å². The summed E-state index contributed by atoms with van der Waals surface area (Å²) in [6, 6.07) is 7.38. The average molecular weight is 402 g/mol. The largest absolute Gasteiger partial charge is 0.484 e. The van der Waals surface area contributed by atoms with Crippen molar-refractivity contribution in [2.75, 3.05) is 43.1 Å². The van der Waals surface area contributed by atoms with Gasteiger partial charge in [-0.1, -0.05) is 6.07 Å². The standard InChI is InChI=1S/C18H27N3O3S.ClH/c1-3-21(4-2)18(23)12-24-16-7-5-6-14(10-16)20-17(22)11-15-13-25-9-8-19-15;/h5-7,10,15,19H,3-4,8-9,11-13H2,1-2H3,(H,20,22);1H. The Balaban J connectivity index is 0.00000338. The molecule has 1 unspecified atom stereocenters. The van der Waals surface area contributed by atoms with Crippen LogP contribution in [-0.4, -0.2) is 60.5 Å². The molecule has 0 aromatic heterocycles. The molecular formula is C18H28ClN3O3S. The summed E-state index contributed by atoms with van der Waals surface area (Å²) in [6.07, 6.45) is 0.457. The second-order valence-corrected chi connectivity index (χ2v) is 7.01. The molecule has 0 radical (unpaired) electrons. The summed E-state index contributed by atoms with van der Waals surface area (Å²) in [5, 5.41) is 6.25. The van der Waals surface area contributed by atoms with Crippen LogP contribution in [-0.2, 0) is 9.59 Å². The van der Waals surface area contributed by atoms with Gasteiger partial charge in [0.25, 0.3) is 5.91 Å². The number of anilines is 1. The first kappa shape index (κ1) is 22.6. The molecule has 1 fully saturated rings. The summed E-state index contributed by atoms with van der Waals surface area (Å²) < 4.78 is 5.57. The number of hydrogen-bond donors (Lipinski definition) is 2. The number of benzene rings is 1. The molecule has 1 heterocycles. The molecule has 0 aliphatic carbocycles. The van der Waals surface area contributed by atoms with Gasteiger partial charge in [0.15, 0.2) is 6.61 Å². The van der Waals surface area contributed by atoms with E-state index < -0.39 is 0 Å². The van der Waals surface area contributed by atoms with Crippen LogP contribution in [0.25, 0.3) is 0 Å². The summed E-state index contributed by atoms with van der Waals surface area (Å²) in [5.74, 6) is 2.58. The van der Waals surface area contributed by atoms with Crippen LogP contribution in [0.15, 0.2) is 24.3 Å². The van der Waals surface area contributed by atoms with Gasteiger partial charge < -0.3 is 20.3 Å². The molecule has 0 saturated carbocycles. The van der Waals surface area contributed by atoms with Crippen LogP contribution in [0.2, 0.25) is 0 Å². The zero-order valence-electron chi connectivity index (χ0n) is 15.3. The highest BCUT2D eigenvalue weighted by atomic mass is 35.5. The number of carbonyl (C=O) groups excluding carboxylic acids is 2. The van der Waals surface area contributed by atoms with Gasteiger partial charge in [0.1, 0.15) is 5.75 Å². The Morgan fingerprint density at radius 2 is 2.12 bits per heavy atom. The lowest BCUT2D eigenvalue weighted by Crippen LogP contribution is -2.39. The maximum atomic E-state index is 12.2. The fourth-order valence-corrected chi connectivity index (χ4v) is 3.61. The molecule has 0 bridgehead atoms. The third kappa shape index (κ3) is 7.43. The van der Waals surface area contributed by atoms with Gasteiger partial charge >= 0.3 is 0 Å². The lowest BCUT2D eigenvalue weighted by molar-refractivity contribution is -0.133. The lowest BCUT2D eigenvalue weighted by atomic mass is 10.2. The highest BCUT2D eigenvalue weighted by molar-refractivity contribution is 7.99. The van der Waals surface area contributed by atoms with Gasteiger partial charge in [-0.05, 0) is 26.0 Å². The number of nitrogens with zero attached hydrogens (tertiary/aromatic N) is 1. The Kier molecular flexibility index (Phi) is 10.5. The van der Waals surface area contributed by atoms with Crippen LogP contribution in [0.4, 0.5) is 5.69 Å². The fourth-order valence-electron chi connectivity index (χ4n) is 2.66. The van der Waals surface area contributed by atoms with Crippen molar-refractivity contribution >= 4 is 41.7 Å². The number of halogens is 1. The van der Waals surface area contributed by atoms with Gasteiger partial charge in [-0.15, -0.1) is 12.4 Å². The third-order valence-corrected chi connectivity index (χ3v) is 5.16. The Morgan fingerprint density at radius 1 is 1.35 bits per heavy atom. The molecule has 6 nitrogen and oxygen atoms in total. The molecule has 1 aliphatic heterocycles. The van der Waals surface area contributed by atoms with E-state index in [1.54, 1.807) is 17.0 Å². The molecule has 1 atom stereocenters. The molecule has 146 valence electrons. The van der Waals surface area contributed by atoms with Crippen LogP contribution in [0.3, 0.4) is 0 Å². The minimum atomic E-state index is -0.0414. The van der Waals surface area contributed by atoms with Crippen molar-refractivity contribution in [3.05, 3.63) is 24.3 Å². The van der Waals surface area contributed by atoms with Gasteiger partial charge in [-0.25, -0.2) is 0 Å². The molecule has 1 aromatic carbocycles. The quantitative estimate of drug-likeness (QED) is 0.699. The van der Waals surface area contributed by atoms with Crippen LogP contribution in [0, 0.1) is 0 Å². The normalized spacial score (nSPS) is 16.3. The van der Waals surface area contributed by atoms with Gasteiger partial charge in [-0.3, -0.25) is 9.59 Å². The number of nitrogens with one attached hydrogen (secondary N) is 2. The first-order chi connectivity index (χ1) is 12.1. The molecule has 1 aliphatic rings. The van der Waals surface area contributed by atoms with Crippen molar-refractivity contribution in [1.29, 1.82) is 0 Å². The van der Waals surface area contributed by atoms with E-state index in [1.807, 2.05) is 37.7 Å². The van der Waals surface area contributed by atoms with Crippen LogP contribution < -0.4 is 15.4 Å². The van der Waals surface area contributed by atoms with Gasteiger partial charge in [-0.2, -0.15) is 11.8 Å². The molecule has 8 heteroatoms. The van der Waals surface area contributed by atoms with Crippen LogP contribution >= 0.6 is 24.2 Å². The number of rotatable bonds is 8. The maximum absolute atomic E-state index is 12.2. The van der Waals surface area contributed by atoms with Gasteiger partial charge in [0.05, 0.1) is 0 Å². The Labute approximate surface area is 165 Å². The van der Waals surface area contributed by atoms with E-state index in [1.165, 1.54) is 0 Å². The van der Waals surface area contributed by atoms with Crippen molar-refractivity contribution in [3.63, 3.8) is 0 Å². The molecule has 0 spiro atoms. The molecule has 2 N–H and O–H groups in total. The topological polar surface area (TPSA) is 70.7 Å². The zero-order chi connectivity index (χ0) is 18.1. The molecule has 1 saturated heterocycles. The first-order valence-corrected chi connectivity index (χ1v) is 9.89. The van der Waals surface area contributed by atoms with Crippen molar-refractivity contribution < 1.29 is 14.3 Å². The SMILES string of the molecule is CCN(CC)C(=O)COc1cccc(NC(=O)CC2CSCCN2)c1.Cl. The maximum Gasteiger partial charge on any atom is 0.260 e. The van der Waals surface area contributed by atoms with Gasteiger partial charge in [0, 0.05) is 55.4 Å². The van der Waals surface area contributed by atoms with Crippen molar-refractivity contribution in [2.45, 2.75) is 26.3 Å². The summed E-state index contributed by atoms with van der Waals surface area (Å²) in [5.41, 5.74) is 0.682. The smallest absolute Gasteiger partial charge is 0.260 e. The van der Waals surface area contributed by atoms with E-state index >= 15 is 0 Å².